The molecule has 2 fully saturated rings. The Balaban J connectivity index is 1.88. The normalized spacial score (nSPS) is 33.9. The average Bonchev–Trinajstić information content (AvgIpc) is 3.11. The summed E-state index contributed by atoms with van der Waals surface area (Å²) >= 11 is 0. The van der Waals surface area contributed by atoms with Gasteiger partial charge in [-0.3, -0.25) is 4.90 Å². The Kier molecular flexibility index (Phi) is 4.26. The molecule has 1 aliphatic carbocycles. The van der Waals surface area contributed by atoms with E-state index in [-0.39, 0.29) is 0 Å². The van der Waals surface area contributed by atoms with E-state index in [1.54, 1.807) is 0 Å². The van der Waals surface area contributed by atoms with E-state index in [0.29, 0.717) is 0 Å². The number of piperidine rings is 1. The van der Waals surface area contributed by atoms with E-state index in [1.165, 1.54) is 45.2 Å². The van der Waals surface area contributed by atoms with Crippen LogP contribution in [-0.2, 0) is 0 Å². The number of hydrogen-bond donors (Lipinski definition) is 1. The zero-order valence-corrected chi connectivity index (χ0v) is 11.2. The van der Waals surface area contributed by atoms with E-state index in [2.05, 4.69) is 31.1 Å². The molecule has 1 N–H and O–H groups in total. The first-order valence-electron chi connectivity index (χ1n) is 7.14. The second-order valence-corrected chi connectivity index (χ2v) is 5.98. The first-order chi connectivity index (χ1) is 7.72. The van der Waals surface area contributed by atoms with Crippen molar-refractivity contribution in [3.8, 4) is 0 Å². The first-order valence-corrected chi connectivity index (χ1v) is 7.14. The number of nitrogens with zero attached hydrogens (tertiary/aromatic N) is 1. The molecule has 3 unspecified atom stereocenters. The summed E-state index contributed by atoms with van der Waals surface area (Å²) in [7, 11) is 2.12. The fourth-order valence-electron chi connectivity index (χ4n) is 3.06. The number of likely N-dealkylation sites (tertiary alicyclic amines) is 1. The van der Waals surface area contributed by atoms with Gasteiger partial charge in [-0.2, -0.15) is 0 Å². The standard InChI is InChI=1S/C14H28N2/c1-4-11(2)16-9-13(7-12-5-6-12)8-14(10-16)15-3/h11-15H,4-10H2,1-3H3. The Bertz CT molecular complexity index is 213. The summed E-state index contributed by atoms with van der Waals surface area (Å²) in [6.07, 6.45) is 7.19. The highest BCUT2D eigenvalue weighted by molar-refractivity contribution is 4.88. The molecule has 0 aromatic heterocycles. The van der Waals surface area contributed by atoms with Crippen molar-refractivity contribution in [3.63, 3.8) is 0 Å². The van der Waals surface area contributed by atoms with E-state index in [9.17, 15) is 0 Å². The highest BCUT2D eigenvalue weighted by atomic mass is 15.2. The summed E-state index contributed by atoms with van der Waals surface area (Å²) < 4.78 is 0. The van der Waals surface area contributed by atoms with Crippen LogP contribution in [0.4, 0.5) is 0 Å². The Morgan fingerprint density at radius 3 is 2.56 bits per heavy atom. The molecule has 2 rings (SSSR count). The second kappa shape index (κ2) is 5.50. The molecule has 94 valence electrons. The molecule has 2 nitrogen and oxygen atoms in total. The predicted molar refractivity (Wildman–Crippen MR) is 69.6 cm³/mol. The van der Waals surface area contributed by atoms with E-state index >= 15 is 0 Å². The molecule has 0 aromatic rings. The first kappa shape index (κ1) is 12.4. The van der Waals surface area contributed by atoms with E-state index < -0.39 is 0 Å². The summed E-state index contributed by atoms with van der Waals surface area (Å²) in [5.74, 6) is 2.03. The van der Waals surface area contributed by atoms with E-state index in [1.807, 2.05) is 0 Å². The van der Waals surface area contributed by atoms with Gasteiger partial charge >= 0.3 is 0 Å². The molecule has 2 aliphatic rings. The number of hydrogen-bond acceptors (Lipinski definition) is 2. The molecule has 0 aromatic carbocycles. The number of likely N-dealkylation sites (N-methyl/N-ethyl adjacent to an activating group) is 1. The van der Waals surface area contributed by atoms with Crippen LogP contribution >= 0.6 is 0 Å². The lowest BCUT2D eigenvalue weighted by molar-refractivity contribution is 0.0986. The lowest BCUT2D eigenvalue weighted by Gasteiger charge is -2.41. The maximum atomic E-state index is 3.49. The topological polar surface area (TPSA) is 15.3 Å². The van der Waals surface area contributed by atoms with Gasteiger partial charge in [0.1, 0.15) is 0 Å². The molecule has 0 radical (unpaired) electrons. The molecule has 1 saturated carbocycles. The van der Waals surface area contributed by atoms with Gasteiger partial charge in [0, 0.05) is 25.2 Å². The SMILES string of the molecule is CCC(C)N1CC(CC2CC2)CC(NC)C1. The Morgan fingerprint density at radius 2 is 2.00 bits per heavy atom. The monoisotopic (exact) mass is 224 g/mol. The van der Waals surface area contributed by atoms with Crippen molar-refractivity contribution in [1.82, 2.24) is 10.2 Å². The molecule has 1 heterocycles. The fraction of sp³-hybridized carbons (Fsp3) is 1.00. The number of rotatable bonds is 5. The summed E-state index contributed by atoms with van der Waals surface area (Å²) in [4.78, 5) is 2.71. The summed E-state index contributed by atoms with van der Waals surface area (Å²) in [5, 5.41) is 3.49. The third-order valence-electron chi connectivity index (χ3n) is 4.55. The third-order valence-corrected chi connectivity index (χ3v) is 4.55. The summed E-state index contributed by atoms with van der Waals surface area (Å²) in [6, 6.07) is 1.49. The zero-order valence-electron chi connectivity index (χ0n) is 11.2. The third kappa shape index (κ3) is 3.21. The fourth-order valence-corrected chi connectivity index (χ4v) is 3.06. The van der Waals surface area contributed by atoms with Crippen molar-refractivity contribution < 1.29 is 0 Å². The van der Waals surface area contributed by atoms with Gasteiger partial charge < -0.3 is 5.32 Å². The van der Waals surface area contributed by atoms with Gasteiger partial charge in [0.15, 0.2) is 0 Å². The van der Waals surface area contributed by atoms with Gasteiger partial charge in [0.05, 0.1) is 0 Å². The molecule has 0 spiro atoms. The highest BCUT2D eigenvalue weighted by Gasteiger charge is 2.32. The maximum absolute atomic E-state index is 3.49. The quantitative estimate of drug-likeness (QED) is 0.772. The van der Waals surface area contributed by atoms with E-state index in [0.717, 1.165) is 23.9 Å². The highest BCUT2D eigenvalue weighted by Crippen LogP contribution is 2.38. The zero-order chi connectivity index (χ0) is 11.5. The van der Waals surface area contributed by atoms with Crippen molar-refractivity contribution in [1.29, 1.82) is 0 Å². The van der Waals surface area contributed by atoms with Gasteiger partial charge in [-0.1, -0.05) is 19.8 Å². The van der Waals surface area contributed by atoms with Gasteiger partial charge in [-0.05, 0) is 45.1 Å². The lowest BCUT2D eigenvalue weighted by Crippen LogP contribution is -2.51. The molecular weight excluding hydrogens is 196 g/mol. The average molecular weight is 224 g/mol. The minimum absolute atomic E-state index is 0.728. The molecule has 16 heavy (non-hydrogen) atoms. The summed E-state index contributed by atoms with van der Waals surface area (Å²) in [6.45, 7) is 7.30. The van der Waals surface area contributed by atoms with Crippen LogP contribution in [0.5, 0.6) is 0 Å². The van der Waals surface area contributed by atoms with Crippen molar-refractivity contribution in [3.05, 3.63) is 0 Å². The van der Waals surface area contributed by atoms with Crippen molar-refractivity contribution in [2.75, 3.05) is 20.1 Å². The van der Waals surface area contributed by atoms with Crippen LogP contribution in [-0.4, -0.2) is 37.1 Å². The van der Waals surface area contributed by atoms with Gasteiger partial charge in [-0.25, -0.2) is 0 Å². The van der Waals surface area contributed by atoms with Crippen LogP contribution < -0.4 is 5.32 Å². The van der Waals surface area contributed by atoms with Crippen LogP contribution in [0, 0.1) is 11.8 Å². The van der Waals surface area contributed by atoms with Gasteiger partial charge in [0.2, 0.25) is 0 Å². The van der Waals surface area contributed by atoms with Crippen molar-refractivity contribution in [2.45, 2.75) is 58.0 Å². The smallest absolute Gasteiger partial charge is 0.0195 e. The molecule has 0 bridgehead atoms. The maximum Gasteiger partial charge on any atom is 0.0195 e. The summed E-state index contributed by atoms with van der Waals surface area (Å²) in [5.41, 5.74) is 0. The Morgan fingerprint density at radius 1 is 1.25 bits per heavy atom. The van der Waals surface area contributed by atoms with Crippen molar-refractivity contribution >= 4 is 0 Å². The molecule has 0 amide bonds. The molecule has 1 aliphatic heterocycles. The minimum atomic E-state index is 0.728. The van der Waals surface area contributed by atoms with Crippen molar-refractivity contribution in [2.24, 2.45) is 11.8 Å². The molecule has 3 atom stereocenters. The second-order valence-electron chi connectivity index (χ2n) is 5.98. The van der Waals surface area contributed by atoms with Crippen LogP contribution in [0.2, 0.25) is 0 Å². The van der Waals surface area contributed by atoms with Crippen LogP contribution in [0.3, 0.4) is 0 Å². The lowest BCUT2D eigenvalue weighted by atomic mass is 9.89. The van der Waals surface area contributed by atoms with Gasteiger partial charge in [-0.15, -0.1) is 0 Å². The van der Waals surface area contributed by atoms with Crippen LogP contribution in [0.25, 0.3) is 0 Å². The predicted octanol–water partition coefficient (Wildman–Crippen LogP) is 2.49. The van der Waals surface area contributed by atoms with Crippen LogP contribution in [0.1, 0.15) is 46.0 Å². The number of nitrogens with one attached hydrogen (secondary N) is 1. The van der Waals surface area contributed by atoms with Crippen LogP contribution in [0.15, 0.2) is 0 Å². The molecule has 1 saturated heterocycles. The minimum Gasteiger partial charge on any atom is -0.316 e. The Hall–Kier alpha value is -0.0800. The van der Waals surface area contributed by atoms with Gasteiger partial charge in [0.25, 0.3) is 0 Å². The van der Waals surface area contributed by atoms with E-state index in [4.69, 9.17) is 0 Å². The molecule has 2 heteroatoms. The Labute approximate surface area is 101 Å². The largest absolute Gasteiger partial charge is 0.316 e. The molecular formula is C14H28N2.